The molecule has 4 nitrogen and oxygen atoms in total. The number of hydrogen-bond acceptors (Lipinski definition) is 3. The summed E-state index contributed by atoms with van der Waals surface area (Å²) in [7, 11) is 0. The van der Waals surface area contributed by atoms with E-state index in [-0.39, 0.29) is 42.0 Å². The van der Waals surface area contributed by atoms with Gasteiger partial charge in [0.2, 0.25) is 0 Å². The number of rotatable bonds is 10. The molecule has 2 aromatic rings. The topological polar surface area (TPSA) is 43.8 Å². The van der Waals surface area contributed by atoms with E-state index < -0.39 is 23.2 Å². The summed E-state index contributed by atoms with van der Waals surface area (Å²) in [5.74, 6) is -4.09. The number of aliphatic carboxylic acids is 1. The molecule has 2 aliphatic rings. The van der Waals surface area contributed by atoms with Gasteiger partial charge in [-0.05, 0) is 87.9 Å². The zero-order valence-electron chi connectivity index (χ0n) is 22.2. The Morgan fingerprint density at radius 1 is 1.00 bits per heavy atom. The first-order chi connectivity index (χ1) is 17.9. The molecule has 0 spiro atoms. The van der Waals surface area contributed by atoms with E-state index in [0.29, 0.717) is 13.0 Å². The Labute approximate surface area is 222 Å². The summed E-state index contributed by atoms with van der Waals surface area (Å²) in [5, 5.41) is 9.40. The molecule has 0 amide bonds. The predicted molar refractivity (Wildman–Crippen MR) is 139 cm³/mol. The molecule has 0 bridgehead atoms. The quantitative estimate of drug-likeness (QED) is 0.353. The van der Waals surface area contributed by atoms with Crippen molar-refractivity contribution in [1.82, 2.24) is 9.80 Å². The summed E-state index contributed by atoms with van der Waals surface area (Å²) >= 11 is 0. The van der Waals surface area contributed by atoms with Gasteiger partial charge in [-0.25, -0.2) is 17.6 Å². The maximum Gasteiger partial charge on any atom is 0.305 e. The van der Waals surface area contributed by atoms with Crippen molar-refractivity contribution >= 4 is 5.97 Å². The third kappa shape index (κ3) is 7.14. The minimum atomic E-state index is -2.97. The zero-order chi connectivity index (χ0) is 27.5. The lowest BCUT2D eigenvalue weighted by molar-refractivity contribution is -0.139. The van der Waals surface area contributed by atoms with Crippen LogP contribution in [-0.2, 0) is 10.7 Å². The molecule has 208 valence electrons. The van der Waals surface area contributed by atoms with Crippen LogP contribution in [0.5, 0.6) is 0 Å². The molecule has 2 atom stereocenters. The van der Waals surface area contributed by atoms with E-state index in [9.17, 15) is 27.5 Å². The molecule has 2 aliphatic heterocycles. The van der Waals surface area contributed by atoms with Crippen molar-refractivity contribution in [2.75, 3.05) is 32.7 Å². The SMILES string of the molecule is CC(C)(CC(=O)O)N1C[C@H](CN2CCC(CCC(F)(F)c3ccc(F)cc3)CC2)[C@@H](c2cccc(F)c2)C1. The van der Waals surface area contributed by atoms with Crippen LogP contribution in [0.1, 0.15) is 63.0 Å². The van der Waals surface area contributed by atoms with Crippen LogP contribution in [0.2, 0.25) is 0 Å². The van der Waals surface area contributed by atoms with Gasteiger partial charge in [-0.2, -0.15) is 0 Å². The molecule has 38 heavy (non-hydrogen) atoms. The number of halogens is 4. The molecule has 4 rings (SSSR count). The lowest BCUT2D eigenvalue weighted by Gasteiger charge is -2.36. The van der Waals surface area contributed by atoms with Gasteiger partial charge in [0.25, 0.3) is 5.92 Å². The second kappa shape index (κ2) is 11.7. The highest BCUT2D eigenvalue weighted by Crippen LogP contribution is 2.39. The molecular formula is C30H38F4N2O2. The summed E-state index contributed by atoms with van der Waals surface area (Å²) in [6.45, 7) is 7.72. The van der Waals surface area contributed by atoms with E-state index in [2.05, 4.69) is 9.80 Å². The molecule has 1 N–H and O–H groups in total. The zero-order valence-corrected chi connectivity index (χ0v) is 22.2. The van der Waals surface area contributed by atoms with Crippen molar-refractivity contribution in [1.29, 1.82) is 0 Å². The van der Waals surface area contributed by atoms with Crippen LogP contribution in [-0.4, -0.2) is 59.1 Å². The summed E-state index contributed by atoms with van der Waals surface area (Å²) in [5.41, 5.74) is 0.271. The number of benzene rings is 2. The highest BCUT2D eigenvalue weighted by atomic mass is 19.3. The Morgan fingerprint density at radius 3 is 2.32 bits per heavy atom. The fourth-order valence-electron chi connectivity index (χ4n) is 6.16. The average molecular weight is 535 g/mol. The Kier molecular flexibility index (Phi) is 8.82. The van der Waals surface area contributed by atoms with E-state index >= 15 is 0 Å². The normalized spacial score (nSPS) is 22.2. The van der Waals surface area contributed by atoms with E-state index in [1.54, 1.807) is 12.1 Å². The molecule has 0 aliphatic carbocycles. The Balaban J connectivity index is 1.35. The van der Waals surface area contributed by atoms with Gasteiger partial charge >= 0.3 is 5.97 Å². The number of nitrogens with zero attached hydrogens (tertiary/aromatic N) is 2. The van der Waals surface area contributed by atoms with E-state index in [1.807, 2.05) is 19.9 Å². The molecule has 2 heterocycles. The lowest BCUT2D eigenvalue weighted by atomic mass is 9.86. The molecule has 2 fully saturated rings. The number of carbonyl (C=O) groups is 1. The second-order valence-corrected chi connectivity index (χ2v) is 11.7. The van der Waals surface area contributed by atoms with Crippen molar-refractivity contribution in [2.24, 2.45) is 11.8 Å². The van der Waals surface area contributed by atoms with Crippen LogP contribution >= 0.6 is 0 Å². The van der Waals surface area contributed by atoms with Crippen LogP contribution in [0.3, 0.4) is 0 Å². The average Bonchev–Trinajstić information content (AvgIpc) is 3.28. The number of likely N-dealkylation sites (tertiary alicyclic amines) is 2. The molecule has 0 aromatic heterocycles. The third-order valence-electron chi connectivity index (χ3n) is 8.49. The summed E-state index contributed by atoms with van der Waals surface area (Å²) in [6, 6.07) is 11.2. The number of hydrogen-bond donors (Lipinski definition) is 1. The van der Waals surface area contributed by atoms with Gasteiger partial charge in [0.15, 0.2) is 0 Å². The van der Waals surface area contributed by atoms with Crippen LogP contribution in [0.15, 0.2) is 48.5 Å². The van der Waals surface area contributed by atoms with Gasteiger partial charge in [0, 0.05) is 43.1 Å². The highest BCUT2D eigenvalue weighted by Gasteiger charge is 2.42. The largest absolute Gasteiger partial charge is 0.481 e. The first kappa shape index (κ1) is 28.6. The third-order valence-corrected chi connectivity index (χ3v) is 8.49. The van der Waals surface area contributed by atoms with Gasteiger partial charge in [0.05, 0.1) is 6.42 Å². The van der Waals surface area contributed by atoms with Gasteiger partial charge in [-0.15, -0.1) is 0 Å². The van der Waals surface area contributed by atoms with Crippen molar-refractivity contribution in [3.05, 3.63) is 71.3 Å². The number of carboxylic acid groups (broad SMARTS) is 1. The van der Waals surface area contributed by atoms with Crippen LogP contribution < -0.4 is 0 Å². The molecule has 0 saturated carbocycles. The van der Waals surface area contributed by atoms with Crippen LogP contribution in [0.25, 0.3) is 0 Å². The molecule has 2 aromatic carbocycles. The van der Waals surface area contributed by atoms with E-state index in [1.165, 1.54) is 6.07 Å². The van der Waals surface area contributed by atoms with Crippen LogP contribution in [0, 0.1) is 23.5 Å². The Morgan fingerprint density at radius 2 is 1.68 bits per heavy atom. The predicted octanol–water partition coefficient (Wildman–Crippen LogP) is 6.52. The first-order valence-corrected chi connectivity index (χ1v) is 13.5. The lowest BCUT2D eigenvalue weighted by Crippen LogP contribution is -2.45. The standard InChI is InChI=1S/C30H38F4N2O2/c1-29(2,17-28(37)38)36-19-23(27(20-36)22-4-3-5-26(32)16-22)18-35-14-11-21(12-15-35)10-13-30(33,34)24-6-8-25(31)9-7-24/h3-9,16,21,23,27H,10-15,17-20H2,1-2H3,(H,37,38)/t23-,27+/m0/s1. The fourth-order valence-corrected chi connectivity index (χ4v) is 6.16. The number of alkyl halides is 2. The number of piperidine rings is 1. The van der Waals surface area contributed by atoms with Crippen molar-refractivity contribution < 1.29 is 27.5 Å². The molecule has 0 radical (unpaired) electrons. The maximum absolute atomic E-state index is 14.6. The summed E-state index contributed by atoms with van der Waals surface area (Å²) < 4.78 is 56.4. The Bertz CT molecular complexity index is 1080. The Hall–Kier alpha value is -2.45. The highest BCUT2D eigenvalue weighted by molar-refractivity contribution is 5.68. The minimum absolute atomic E-state index is 0.0313. The van der Waals surface area contributed by atoms with Gasteiger partial charge < -0.3 is 10.0 Å². The first-order valence-electron chi connectivity index (χ1n) is 13.5. The maximum atomic E-state index is 14.6. The molecule has 2 saturated heterocycles. The van der Waals surface area contributed by atoms with Crippen LogP contribution in [0.4, 0.5) is 17.6 Å². The van der Waals surface area contributed by atoms with E-state index in [0.717, 1.165) is 68.8 Å². The fraction of sp³-hybridized carbons (Fsp3) is 0.567. The minimum Gasteiger partial charge on any atom is -0.481 e. The second-order valence-electron chi connectivity index (χ2n) is 11.7. The van der Waals surface area contributed by atoms with Gasteiger partial charge in [0.1, 0.15) is 11.6 Å². The van der Waals surface area contributed by atoms with Gasteiger partial charge in [-0.3, -0.25) is 9.69 Å². The molecular weight excluding hydrogens is 496 g/mol. The summed E-state index contributed by atoms with van der Waals surface area (Å²) in [4.78, 5) is 16.0. The molecule has 8 heteroatoms. The number of carboxylic acids is 1. The van der Waals surface area contributed by atoms with Gasteiger partial charge in [-0.1, -0.05) is 24.3 Å². The smallest absolute Gasteiger partial charge is 0.305 e. The summed E-state index contributed by atoms with van der Waals surface area (Å²) in [6.07, 6.45) is 1.88. The monoisotopic (exact) mass is 534 g/mol. The van der Waals surface area contributed by atoms with Crippen molar-refractivity contribution in [3.63, 3.8) is 0 Å². The van der Waals surface area contributed by atoms with E-state index in [4.69, 9.17) is 0 Å². The van der Waals surface area contributed by atoms with Crippen molar-refractivity contribution in [2.45, 2.75) is 63.3 Å². The van der Waals surface area contributed by atoms with Crippen molar-refractivity contribution in [3.8, 4) is 0 Å². The molecule has 0 unspecified atom stereocenters.